The Labute approximate surface area is 114 Å². The van der Waals surface area contributed by atoms with Crippen LogP contribution >= 0.6 is 0 Å². The number of Topliss-reactive ketones (excluding diaryl/α,β-unsaturated/α-hetero) is 1. The molecule has 1 heterocycles. The summed E-state index contributed by atoms with van der Waals surface area (Å²) in [6.07, 6.45) is 11.2. The lowest BCUT2D eigenvalue weighted by Crippen LogP contribution is -2.17. The molecule has 0 bridgehead atoms. The van der Waals surface area contributed by atoms with E-state index in [1.165, 1.54) is 25.7 Å². The smallest absolute Gasteiger partial charge is 0.237 e. The van der Waals surface area contributed by atoms with Gasteiger partial charge in [-0.2, -0.15) is 4.98 Å². The van der Waals surface area contributed by atoms with Gasteiger partial charge in [0.1, 0.15) is 5.78 Å². The SMILES string of the molecule is O=C1CCCCC1c1nc(C2CCCCCC2)no1. The minimum Gasteiger partial charge on any atom is -0.339 e. The highest BCUT2D eigenvalue weighted by Crippen LogP contribution is 2.33. The lowest BCUT2D eigenvalue weighted by atomic mass is 9.88. The van der Waals surface area contributed by atoms with Crippen molar-refractivity contribution in [3.63, 3.8) is 0 Å². The molecule has 3 rings (SSSR count). The summed E-state index contributed by atoms with van der Waals surface area (Å²) in [6, 6.07) is 0. The second-order valence-electron chi connectivity index (χ2n) is 5.94. The molecule has 2 aliphatic carbocycles. The number of aromatic nitrogens is 2. The summed E-state index contributed by atoms with van der Waals surface area (Å²) >= 11 is 0. The van der Waals surface area contributed by atoms with Crippen molar-refractivity contribution in [3.05, 3.63) is 11.7 Å². The van der Waals surface area contributed by atoms with E-state index >= 15 is 0 Å². The van der Waals surface area contributed by atoms with Gasteiger partial charge in [0.05, 0.1) is 5.92 Å². The average Bonchev–Trinajstić information content (AvgIpc) is 2.75. The van der Waals surface area contributed by atoms with Gasteiger partial charge >= 0.3 is 0 Å². The molecule has 0 N–H and O–H groups in total. The Morgan fingerprint density at radius 1 is 0.947 bits per heavy atom. The molecule has 0 aliphatic heterocycles. The molecule has 1 unspecified atom stereocenters. The van der Waals surface area contributed by atoms with E-state index < -0.39 is 0 Å². The van der Waals surface area contributed by atoms with E-state index in [9.17, 15) is 4.79 Å². The van der Waals surface area contributed by atoms with E-state index in [2.05, 4.69) is 10.1 Å². The van der Waals surface area contributed by atoms with E-state index in [0.717, 1.165) is 37.9 Å². The molecule has 4 heteroatoms. The van der Waals surface area contributed by atoms with Crippen LogP contribution in [0, 0.1) is 0 Å². The molecule has 1 aromatic rings. The fourth-order valence-corrected chi connectivity index (χ4v) is 3.34. The van der Waals surface area contributed by atoms with Crippen LogP contribution in [0.15, 0.2) is 4.52 Å². The van der Waals surface area contributed by atoms with Crippen LogP contribution in [0.1, 0.15) is 87.8 Å². The van der Waals surface area contributed by atoms with Crippen molar-refractivity contribution in [2.75, 3.05) is 0 Å². The minimum absolute atomic E-state index is 0.124. The molecule has 1 aromatic heterocycles. The quantitative estimate of drug-likeness (QED) is 0.762. The van der Waals surface area contributed by atoms with Crippen molar-refractivity contribution in [1.29, 1.82) is 0 Å². The van der Waals surface area contributed by atoms with Gasteiger partial charge in [0, 0.05) is 12.3 Å². The highest BCUT2D eigenvalue weighted by Gasteiger charge is 2.30. The largest absolute Gasteiger partial charge is 0.339 e. The highest BCUT2D eigenvalue weighted by molar-refractivity contribution is 5.85. The summed E-state index contributed by atoms with van der Waals surface area (Å²) in [7, 11) is 0. The van der Waals surface area contributed by atoms with Crippen molar-refractivity contribution in [1.82, 2.24) is 10.1 Å². The first-order chi connectivity index (χ1) is 9.34. The monoisotopic (exact) mass is 262 g/mol. The number of hydrogen-bond donors (Lipinski definition) is 0. The van der Waals surface area contributed by atoms with Crippen molar-refractivity contribution < 1.29 is 9.32 Å². The molecular weight excluding hydrogens is 240 g/mol. The molecule has 4 nitrogen and oxygen atoms in total. The van der Waals surface area contributed by atoms with E-state index in [1.54, 1.807) is 0 Å². The Balaban J connectivity index is 1.72. The van der Waals surface area contributed by atoms with E-state index in [4.69, 9.17) is 4.52 Å². The summed E-state index contributed by atoms with van der Waals surface area (Å²) < 4.78 is 5.39. The first-order valence-electron chi connectivity index (χ1n) is 7.71. The third-order valence-electron chi connectivity index (χ3n) is 4.53. The molecule has 2 fully saturated rings. The maximum Gasteiger partial charge on any atom is 0.237 e. The molecule has 0 spiro atoms. The van der Waals surface area contributed by atoms with Gasteiger partial charge in [-0.05, 0) is 25.7 Å². The summed E-state index contributed by atoms with van der Waals surface area (Å²) in [5, 5.41) is 4.15. The topological polar surface area (TPSA) is 56.0 Å². The Hall–Kier alpha value is -1.19. The zero-order valence-electron chi connectivity index (χ0n) is 11.4. The zero-order valence-corrected chi connectivity index (χ0v) is 11.4. The second kappa shape index (κ2) is 5.85. The molecule has 2 aliphatic rings. The summed E-state index contributed by atoms with van der Waals surface area (Å²) in [5.41, 5.74) is 0. The van der Waals surface area contributed by atoms with Crippen LogP contribution in [0.4, 0.5) is 0 Å². The molecule has 0 aromatic carbocycles. The van der Waals surface area contributed by atoms with Gasteiger partial charge in [-0.15, -0.1) is 0 Å². The summed E-state index contributed by atoms with van der Waals surface area (Å²) in [6.45, 7) is 0. The van der Waals surface area contributed by atoms with Crippen molar-refractivity contribution >= 4 is 5.78 Å². The third kappa shape index (κ3) is 2.88. The van der Waals surface area contributed by atoms with Gasteiger partial charge in [-0.25, -0.2) is 0 Å². The summed E-state index contributed by atoms with van der Waals surface area (Å²) in [5.74, 6) is 2.01. The van der Waals surface area contributed by atoms with Gasteiger partial charge in [0.25, 0.3) is 0 Å². The number of hydrogen-bond acceptors (Lipinski definition) is 4. The predicted octanol–water partition coefficient (Wildman–Crippen LogP) is 3.73. The number of rotatable bonds is 2. The van der Waals surface area contributed by atoms with E-state index in [1.807, 2.05) is 0 Å². The molecule has 0 saturated heterocycles. The van der Waals surface area contributed by atoms with Crippen LogP contribution < -0.4 is 0 Å². The standard InChI is InChI=1S/C15H22N2O2/c18-13-10-6-5-9-12(13)15-16-14(17-19-15)11-7-3-1-2-4-8-11/h11-12H,1-10H2. The van der Waals surface area contributed by atoms with E-state index in [-0.39, 0.29) is 11.7 Å². The van der Waals surface area contributed by atoms with Crippen molar-refractivity contribution in [3.8, 4) is 0 Å². The zero-order chi connectivity index (χ0) is 13.1. The van der Waals surface area contributed by atoms with Gasteiger partial charge < -0.3 is 4.52 Å². The highest BCUT2D eigenvalue weighted by atomic mass is 16.5. The summed E-state index contributed by atoms with van der Waals surface area (Å²) in [4.78, 5) is 16.5. The molecule has 19 heavy (non-hydrogen) atoms. The normalized spacial score (nSPS) is 26.3. The first kappa shape index (κ1) is 12.8. The Kier molecular flexibility index (Phi) is 3.95. The van der Waals surface area contributed by atoms with Crippen LogP contribution in [0.5, 0.6) is 0 Å². The average molecular weight is 262 g/mol. The Morgan fingerprint density at radius 3 is 2.42 bits per heavy atom. The van der Waals surface area contributed by atoms with Gasteiger partial charge in [0.2, 0.25) is 5.89 Å². The maximum absolute atomic E-state index is 11.9. The molecule has 0 radical (unpaired) electrons. The van der Waals surface area contributed by atoms with Gasteiger partial charge in [-0.3, -0.25) is 4.79 Å². The van der Waals surface area contributed by atoms with Crippen LogP contribution in [-0.4, -0.2) is 15.9 Å². The molecule has 104 valence electrons. The lowest BCUT2D eigenvalue weighted by molar-refractivity contribution is -0.122. The van der Waals surface area contributed by atoms with E-state index in [0.29, 0.717) is 18.2 Å². The number of ketones is 1. The second-order valence-corrected chi connectivity index (χ2v) is 5.94. The number of carbonyl (C=O) groups is 1. The Bertz CT molecular complexity index is 433. The number of nitrogens with zero attached hydrogens (tertiary/aromatic N) is 2. The van der Waals surface area contributed by atoms with Crippen LogP contribution in [0.3, 0.4) is 0 Å². The van der Waals surface area contributed by atoms with Crippen LogP contribution in [0.2, 0.25) is 0 Å². The molecule has 2 saturated carbocycles. The fourth-order valence-electron chi connectivity index (χ4n) is 3.34. The maximum atomic E-state index is 11.9. The lowest BCUT2D eigenvalue weighted by Gasteiger charge is -2.16. The van der Waals surface area contributed by atoms with Gasteiger partial charge in [0.15, 0.2) is 5.82 Å². The Morgan fingerprint density at radius 2 is 1.68 bits per heavy atom. The predicted molar refractivity (Wildman–Crippen MR) is 71.0 cm³/mol. The van der Waals surface area contributed by atoms with Crippen LogP contribution in [-0.2, 0) is 4.79 Å². The first-order valence-corrected chi connectivity index (χ1v) is 7.71. The third-order valence-corrected chi connectivity index (χ3v) is 4.53. The molecule has 0 amide bonds. The number of carbonyl (C=O) groups excluding carboxylic acids is 1. The van der Waals surface area contributed by atoms with Crippen molar-refractivity contribution in [2.24, 2.45) is 0 Å². The van der Waals surface area contributed by atoms with Crippen molar-refractivity contribution in [2.45, 2.75) is 76.0 Å². The molecular formula is C15H22N2O2. The van der Waals surface area contributed by atoms with Gasteiger partial charge in [-0.1, -0.05) is 37.3 Å². The molecule has 1 atom stereocenters. The minimum atomic E-state index is -0.124. The fraction of sp³-hybridized carbons (Fsp3) is 0.800. The van der Waals surface area contributed by atoms with Crippen LogP contribution in [0.25, 0.3) is 0 Å².